The Bertz CT molecular complexity index is 670. The van der Waals surface area contributed by atoms with Crippen LogP contribution in [0.2, 0.25) is 0 Å². The number of rotatable bonds is 5. The van der Waals surface area contributed by atoms with E-state index in [0.717, 1.165) is 16.9 Å². The number of thiocarbonyl (C=S) groups is 1. The Morgan fingerprint density at radius 3 is 2.82 bits per heavy atom. The van der Waals surface area contributed by atoms with Gasteiger partial charge in [0.25, 0.3) is 0 Å². The average Bonchev–Trinajstić information content (AvgIpc) is 2.53. The predicted octanol–water partition coefficient (Wildman–Crippen LogP) is 3.00. The van der Waals surface area contributed by atoms with Gasteiger partial charge in [0.1, 0.15) is 12.4 Å². The minimum atomic E-state index is 0.475. The first-order chi connectivity index (χ1) is 10.7. The molecule has 4 nitrogen and oxygen atoms in total. The van der Waals surface area contributed by atoms with E-state index in [1.807, 2.05) is 30.3 Å². The SMILES string of the molecule is CNC(=S)N/N=C\c1cccc(OCc2cccc(C)c2)c1. The summed E-state index contributed by atoms with van der Waals surface area (Å²) in [7, 11) is 1.74. The number of ether oxygens (including phenoxy) is 1. The molecule has 0 aliphatic rings. The van der Waals surface area contributed by atoms with Crippen LogP contribution in [0, 0.1) is 6.92 Å². The van der Waals surface area contributed by atoms with Crippen molar-refractivity contribution in [3.8, 4) is 5.75 Å². The maximum absolute atomic E-state index is 5.82. The van der Waals surface area contributed by atoms with Crippen LogP contribution in [0.1, 0.15) is 16.7 Å². The number of hydrogen-bond donors (Lipinski definition) is 2. The van der Waals surface area contributed by atoms with Crippen molar-refractivity contribution in [1.82, 2.24) is 10.7 Å². The van der Waals surface area contributed by atoms with Gasteiger partial charge in [-0.1, -0.05) is 42.0 Å². The molecule has 22 heavy (non-hydrogen) atoms. The smallest absolute Gasteiger partial charge is 0.186 e. The van der Waals surface area contributed by atoms with Crippen LogP contribution in [0.15, 0.2) is 53.6 Å². The van der Waals surface area contributed by atoms with E-state index in [4.69, 9.17) is 17.0 Å². The predicted molar refractivity (Wildman–Crippen MR) is 94.3 cm³/mol. The van der Waals surface area contributed by atoms with E-state index < -0.39 is 0 Å². The minimum Gasteiger partial charge on any atom is -0.489 e. The molecule has 0 saturated heterocycles. The zero-order chi connectivity index (χ0) is 15.8. The van der Waals surface area contributed by atoms with Crippen LogP contribution in [0.3, 0.4) is 0 Å². The largest absolute Gasteiger partial charge is 0.489 e. The van der Waals surface area contributed by atoms with Gasteiger partial charge in [-0.25, -0.2) is 0 Å². The lowest BCUT2D eigenvalue weighted by Gasteiger charge is -2.07. The molecule has 0 atom stereocenters. The highest BCUT2D eigenvalue weighted by atomic mass is 32.1. The van der Waals surface area contributed by atoms with Gasteiger partial charge in [-0.05, 0) is 42.4 Å². The first kappa shape index (κ1) is 16.0. The third-order valence-corrected chi connectivity index (χ3v) is 3.25. The van der Waals surface area contributed by atoms with Gasteiger partial charge in [-0.2, -0.15) is 5.10 Å². The minimum absolute atomic E-state index is 0.475. The van der Waals surface area contributed by atoms with Crippen molar-refractivity contribution in [2.24, 2.45) is 5.10 Å². The standard InChI is InChI=1S/C17H19N3OS/c1-13-5-3-7-15(9-13)12-21-16-8-4-6-14(10-16)11-19-20-17(22)18-2/h3-11H,12H2,1-2H3,(H2,18,20,22)/b19-11-. The summed E-state index contributed by atoms with van der Waals surface area (Å²) in [6, 6.07) is 16.0. The fraction of sp³-hybridized carbons (Fsp3) is 0.176. The van der Waals surface area contributed by atoms with Gasteiger partial charge < -0.3 is 10.1 Å². The Labute approximate surface area is 136 Å². The van der Waals surface area contributed by atoms with Crippen molar-refractivity contribution < 1.29 is 4.74 Å². The van der Waals surface area contributed by atoms with Crippen molar-refractivity contribution in [3.63, 3.8) is 0 Å². The molecule has 114 valence electrons. The second kappa shape index (κ2) is 8.14. The van der Waals surface area contributed by atoms with Crippen LogP contribution in [0.4, 0.5) is 0 Å². The lowest BCUT2D eigenvalue weighted by atomic mass is 10.1. The van der Waals surface area contributed by atoms with E-state index in [2.05, 4.69) is 41.0 Å². The lowest BCUT2D eigenvalue weighted by molar-refractivity contribution is 0.306. The molecule has 2 aromatic rings. The Morgan fingerprint density at radius 2 is 2.05 bits per heavy atom. The molecule has 0 fully saturated rings. The highest BCUT2D eigenvalue weighted by Gasteiger charge is 1.98. The Hall–Kier alpha value is -2.40. The van der Waals surface area contributed by atoms with Crippen LogP contribution in [-0.4, -0.2) is 18.4 Å². The molecule has 0 aliphatic heterocycles. The molecule has 0 spiro atoms. The Balaban J connectivity index is 1.95. The monoisotopic (exact) mass is 313 g/mol. The second-order valence-electron chi connectivity index (χ2n) is 4.80. The quantitative estimate of drug-likeness (QED) is 0.506. The summed E-state index contributed by atoms with van der Waals surface area (Å²) in [6.45, 7) is 2.62. The second-order valence-corrected chi connectivity index (χ2v) is 5.21. The Morgan fingerprint density at radius 1 is 1.23 bits per heavy atom. The zero-order valence-electron chi connectivity index (χ0n) is 12.7. The topological polar surface area (TPSA) is 45.7 Å². The van der Waals surface area contributed by atoms with Crippen molar-refractivity contribution in [2.75, 3.05) is 7.05 Å². The summed E-state index contributed by atoms with van der Waals surface area (Å²) in [6.07, 6.45) is 1.70. The normalized spacial score (nSPS) is 10.5. The first-order valence-corrected chi connectivity index (χ1v) is 7.37. The Kier molecular flexibility index (Phi) is 5.91. The molecule has 2 rings (SSSR count). The zero-order valence-corrected chi connectivity index (χ0v) is 13.5. The van der Waals surface area contributed by atoms with Crippen molar-refractivity contribution in [3.05, 3.63) is 65.2 Å². The van der Waals surface area contributed by atoms with Crippen LogP contribution < -0.4 is 15.5 Å². The highest BCUT2D eigenvalue weighted by Crippen LogP contribution is 2.14. The third kappa shape index (κ3) is 5.18. The number of hydrazone groups is 1. The van der Waals surface area contributed by atoms with E-state index in [1.165, 1.54) is 5.56 Å². The molecule has 0 aliphatic carbocycles. The maximum Gasteiger partial charge on any atom is 0.186 e. The molecular weight excluding hydrogens is 294 g/mol. The molecule has 0 radical (unpaired) electrons. The maximum atomic E-state index is 5.82. The fourth-order valence-corrected chi connectivity index (χ4v) is 1.93. The number of nitrogens with zero attached hydrogens (tertiary/aromatic N) is 1. The summed E-state index contributed by atoms with van der Waals surface area (Å²) in [4.78, 5) is 0. The molecule has 0 heterocycles. The molecule has 0 bridgehead atoms. The van der Waals surface area contributed by atoms with Crippen molar-refractivity contribution >= 4 is 23.5 Å². The summed E-state index contributed by atoms with van der Waals surface area (Å²) in [5.41, 5.74) is 6.03. The molecule has 2 N–H and O–H groups in total. The molecular formula is C17H19N3OS. The number of nitrogens with one attached hydrogen (secondary N) is 2. The van der Waals surface area contributed by atoms with Crippen LogP contribution in [0.25, 0.3) is 0 Å². The van der Waals surface area contributed by atoms with Gasteiger partial charge in [0.2, 0.25) is 0 Å². The van der Waals surface area contributed by atoms with E-state index in [0.29, 0.717) is 11.7 Å². The van der Waals surface area contributed by atoms with E-state index in [9.17, 15) is 0 Å². The van der Waals surface area contributed by atoms with Gasteiger partial charge in [0.15, 0.2) is 5.11 Å². The third-order valence-electron chi connectivity index (χ3n) is 2.95. The van der Waals surface area contributed by atoms with Crippen LogP contribution in [0.5, 0.6) is 5.75 Å². The van der Waals surface area contributed by atoms with Crippen molar-refractivity contribution in [1.29, 1.82) is 0 Å². The fourth-order valence-electron chi connectivity index (χ4n) is 1.87. The van der Waals surface area contributed by atoms with E-state index in [-0.39, 0.29) is 0 Å². The lowest BCUT2D eigenvalue weighted by Crippen LogP contribution is -2.28. The summed E-state index contributed by atoms with van der Waals surface area (Å²) in [5, 5.41) is 7.31. The van der Waals surface area contributed by atoms with Gasteiger partial charge in [0, 0.05) is 7.05 Å². The summed E-state index contributed by atoms with van der Waals surface area (Å²) in [5.74, 6) is 0.807. The summed E-state index contributed by atoms with van der Waals surface area (Å²) >= 11 is 4.94. The van der Waals surface area contributed by atoms with E-state index in [1.54, 1.807) is 13.3 Å². The molecule has 0 unspecified atom stereocenters. The van der Waals surface area contributed by atoms with Gasteiger partial charge in [-0.3, -0.25) is 5.43 Å². The first-order valence-electron chi connectivity index (χ1n) is 6.96. The van der Waals surface area contributed by atoms with Crippen LogP contribution in [-0.2, 0) is 6.61 Å². The molecule has 5 heteroatoms. The van der Waals surface area contributed by atoms with Gasteiger partial charge >= 0.3 is 0 Å². The highest BCUT2D eigenvalue weighted by molar-refractivity contribution is 7.80. The molecule has 0 saturated carbocycles. The van der Waals surface area contributed by atoms with Crippen LogP contribution >= 0.6 is 12.2 Å². The molecule has 0 aromatic heterocycles. The van der Waals surface area contributed by atoms with Gasteiger partial charge in [0.05, 0.1) is 6.21 Å². The molecule has 2 aromatic carbocycles. The summed E-state index contributed by atoms with van der Waals surface area (Å²) < 4.78 is 5.82. The van der Waals surface area contributed by atoms with Crippen molar-refractivity contribution in [2.45, 2.75) is 13.5 Å². The molecule has 0 amide bonds. The number of hydrogen-bond acceptors (Lipinski definition) is 3. The number of benzene rings is 2. The number of aryl methyl sites for hydroxylation is 1. The van der Waals surface area contributed by atoms with Gasteiger partial charge in [-0.15, -0.1) is 0 Å². The van der Waals surface area contributed by atoms with E-state index >= 15 is 0 Å². The average molecular weight is 313 g/mol.